The summed E-state index contributed by atoms with van der Waals surface area (Å²) in [6, 6.07) is 5.76. The van der Waals surface area contributed by atoms with E-state index in [0.29, 0.717) is 43.7 Å². The van der Waals surface area contributed by atoms with Crippen molar-refractivity contribution < 1.29 is 18.7 Å². The van der Waals surface area contributed by atoms with Gasteiger partial charge in [-0.2, -0.15) is 0 Å². The number of carbonyl (C=O) groups excluding carboxylic acids is 1. The van der Waals surface area contributed by atoms with E-state index >= 15 is 0 Å². The van der Waals surface area contributed by atoms with E-state index in [-0.39, 0.29) is 24.6 Å². The highest BCUT2D eigenvalue weighted by Crippen LogP contribution is 2.29. The highest BCUT2D eigenvalue weighted by Gasteiger charge is 2.24. The predicted octanol–water partition coefficient (Wildman–Crippen LogP) is 4.24. The summed E-state index contributed by atoms with van der Waals surface area (Å²) in [5.74, 6) is 0.508. The third-order valence-corrected chi connectivity index (χ3v) is 7.26. The first-order valence-electron chi connectivity index (χ1n) is 10.0. The lowest BCUT2D eigenvalue weighted by atomic mass is 10.2. The number of thiazole rings is 1. The molecule has 32 heavy (non-hydrogen) atoms. The van der Waals surface area contributed by atoms with E-state index < -0.39 is 5.97 Å². The fraction of sp³-hybridized carbons (Fsp3) is 0.273. The van der Waals surface area contributed by atoms with Gasteiger partial charge >= 0.3 is 5.97 Å². The molecular weight excluding hydrogens is 453 g/mol. The van der Waals surface area contributed by atoms with Gasteiger partial charge in [-0.1, -0.05) is 0 Å². The molecule has 0 radical (unpaired) electrons. The number of aromatic nitrogens is 3. The van der Waals surface area contributed by atoms with Crippen LogP contribution in [0.5, 0.6) is 5.75 Å². The molecule has 5 rings (SSSR count). The summed E-state index contributed by atoms with van der Waals surface area (Å²) >= 11 is 2.58. The lowest BCUT2D eigenvalue weighted by Gasteiger charge is -2.03. The van der Waals surface area contributed by atoms with Crippen molar-refractivity contribution in [3.63, 3.8) is 0 Å². The maximum atomic E-state index is 13.0. The zero-order valence-electron chi connectivity index (χ0n) is 17.1. The molecule has 0 fully saturated rings. The van der Waals surface area contributed by atoms with Crippen molar-refractivity contribution in [2.45, 2.75) is 39.5 Å². The second kappa shape index (κ2) is 8.44. The number of esters is 1. The lowest BCUT2D eigenvalue weighted by molar-refractivity contribution is 0.0473. The first-order chi connectivity index (χ1) is 15.5. The van der Waals surface area contributed by atoms with E-state index in [1.54, 1.807) is 29.0 Å². The first kappa shape index (κ1) is 20.8. The van der Waals surface area contributed by atoms with Gasteiger partial charge in [-0.25, -0.2) is 19.2 Å². The van der Waals surface area contributed by atoms with Crippen molar-refractivity contribution in [1.29, 1.82) is 0 Å². The Hall–Kier alpha value is -3.11. The molecule has 0 amide bonds. The molecule has 1 aromatic carbocycles. The van der Waals surface area contributed by atoms with Gasteiger partial charge in [0.15, 0.2) is 0 Å². The minimum absolute atomic E-state index is 0.0163. The van der Waals surface area contributed by atoms with Crippen LogP contribution in [-0.4, -0.2) is 20.5 Å². The van der Waals surface area contributed by atoms with Gasteiger partial charge in [0.25, 0.3) is 5.56 Å². The zero-order chi connectivity index (χ0) is 22.2. The van der Waals surface area contributed by atoms with E-state index in [0.717, 1.165) is 18.7 Å². The summed E-state index contributed by atoms with van der Waals surface area (Å²) in [5, 5.41) is 3.01. The Labute approximate surface area is 190 Å². The van der Waals surface area contributed by atoms with Crippen LogP contribution >= 0.6 is 22.7 Å². The van der Waals surface area contributed by atoms with Crippen molar-refractivity contribution in [1.82, 2.24) is 14.5 Å². The average molecular weight is 472 g/mol. The summed E-state index contributed by atoms with van der Waals surface area (Å²) < 4.78 is 25.7. The van der Waals surface area contributed by atoms with Crippen molar-refractivity contribution in [3.05, 3.63) is 72.8 Å². The van der Waals surface area contributed by atoms with Gasteiger partial charge in [0.05, 0.1) is 11.1 Å². The molecule has 0 N–H and O–H groups in total. The van der Waals surface area contributed by atoms with Crippen molar-refractivity contribution in [2.24, 2.45) is 0 Å². The van der Waals surface area contributed by atoms with E-state index in [1.807, 2.05) is 0 Å². The third kappa shape index (κ3) is 3.91. The van der Waals surface area contributed by atoms with Gasteiger partial charge in [0.1, 0.15) is 45.3 Å². The number of ether oxygens (including phenoxy) is 2. The van der Waals surface area contributed by atoms with Gasteiger partial charge in [0, 0.05) is 18.3 Å². The minimum atomic E-state index is -0.493. The molecule has 4 heterocycles. The zero-order valence-corrected chi connectivity index (χ0v) is 18.7. The highest BCUT2D eigenvalue weighted by atomic mass is 32.1. The largest absolute Gasteiger partial charge is 0.486 e. The molecule has 0 spiro atoms. The molecule has 4 aromatic rings. The Morgan fingerprint density at radius 2 is 2.03 bits per heavy atom. The number of fused-ring (bicyclic) bond motifs is 2. The predicted molar refractivity (Wildman–Crippen MR) is 119 cm³/mol. The number of nitrogens with zero attached hydrogens (tertiary/aromatic N) is 3. The number of halogens is 1. The van der Waals surface area contributed by atoms with E-state index in [9.17, 15) is 14.0 Å². The number of rotatable bonds is 6. The second-order valence-corrected chi connectivity index (χ2v) is 9.32. The third-order valence-electron chi connectivity index (χ3n) is 5.22. The Kier molecular flexibility index (Phi) is 5.48. The SMILES string of the molecule is Cc1c(C(=O)OCc2csc(COc3ccc(F)cc3)n2)sc2nc3n(c(=O)c12)CCC3. The summed E-state index contributed by atoms with van der Waals surface area (Å²) in [4.78, 5) is 35.4. The fourth-order valence-electron chi connectivity index (χ4n) is 3.63. The van der Waals surface area contributed by atoms with Crippen molar-refractivity contribution in [3.8, 4) is 5.75 Å². The van der Waals surface area contributed by atoms with Gasteiger partial charge in [-0.05, 0) is 43.2 Å². The number of benzene rings is 1. The smallest absolute Gasteiger partial charge is 0.349 e. The van der Waals surface area contributed by atoms with Gasteiger partial charge < -0.3 is 9.47 Å². The minimum Gasteiger partial charge on any atom is -0.486 e. The Morgan fingerprint density at radius 3 is 2.84 bits per heavy atom. The topological polar surface area (TPSA) is 83.3 Å². The number of thiophene rings is 1. The Balaban J connectivity index is 1.25. The van der Waals surface area contributed by atoms with Crippen LogP contribution < -0.4 is 10.3 Å². The van der Waals surface area contributed by atoms with Crippen molar-refractivity contribution in [2.75, 3.05) is 0 Å². The lowest BCUT2D eigenvalue weighted by Crippen LogP contribution is -2.20. The van der Waals surface area contributed by atoms with Crippen LogP contribution in [0.3, 0.4) is 0 Å². The maximum absolute atomic E-state index is 13.0. The quantitative estimate of drug-likeness (QED) is 0.391. The van der Waals surface area contributed by atoms with E-state index in [1.165, 1.54) is 34.8 Å². The van der Waals surface area contributed by atoms with Crippen LogP contribution in [-0.2, 0) is 30.9 Å². The van der Waals surface area contributed by atoms with Crippen LogP contribution in [0.15, 0.2) is 34.4 Å². The van der Waals surface area contributed by atoms with Gasteiger partial charge in [-0.3, -0.25) is 9.36 Å². The molecule has 0 aliphatic carbocycles. The molecule has 0 saturated carbocycles. The molecule has 0 unspecified atom stereocenters. The summed E-state index contributed by atoms with van der Waals surface area (Å²) in [7, 11) is 0. The number of aryl methyl sites for hydroxylation is 2. The number of carbonyl (C=O) groups is 1. The summed E-state index contributed by atoms with van der Waals surface area (Å²) in [6.07, 6.45) is 1.69. The molecule has 0 saturated heterocycles. The molecule has 1 aliphatic heterocycles. The monoisotopic (exact) mass is 471 g/mol. The average Bonchev–Trinajstić information content (AvgIpc) is 3.51. The Morgan fingerprint density at radius 1 is 1.22 bits per heavy atom. The van der Waals surface area contributed by atoms with Crippen LogP contribution in [0, 0.1) is 12.7 Å². The van der Waals surface area contributed by atoms with Crippen LogP contribution in [0.2, 0.25) is 0 Å². The molecule has 3 aromatic heterocycles. The number of hydrogen-bond donors (Lipinski definition) is 0. The molecular formula is C22H18FN3O4S2. The second-order valence-electron chi connectivity index (χ2n) is 7.38. The van der Waals surface area contributed by atoms with Gasteiger partial charge in [0.2, 0.25) is 0 Å². The standard InChI is InChI=1S/C22H18FN3O4S2/c1-12-18-20(25-16-3-2-8-26(16)21(18)27)32-19(12)22(28)30-9-14-11-31-17(24-14)10-29-15-6-4-13(23)5-7-15/h4-7,11H,2-3,8-10H2,1H3. The van der Waals surface area contributed by atoms with Crippen LogP contribution in [0.25, 0.3) is 10.2 Å². The summed E-state index contributed by atoms with van der Waals surface area (Å²) in [6.45, 7) is 2.68. The molecule has 0 bridgehead atoms. The Bertz CT molecular complexity index is 1370. The van der Waals surface area contributed by atoms with Crippen molar-refractivity contribution >= 4 is 38.9 Å². The molecule has 10 heteroatoms. The fourth-order valence-corrected chi connectivity index (χ4v) is 5.41. The van der Waals surface area contributed by atoms with Crippen LogP contribution in [0.4, 0.5) is 4.39 Å². The van der Waals surface area contributed by atoms with E-state index in [2.05, 4.69) is 9.97 Å². The van der Waals surface area contributed by atoms with Crippen LogP contribution in [0.1, 0.15) is 38.2 Å². The summed E-state index contributed by atoms with van der Waals surface area (Å²) in [5.41, 5.74) is 1.14. The highest BCUT2D eigenvalue weighted by molar-refractivity contribution is 7.20. The molecule has 7 nitrogen and oxygen atoms in total. The maximum Gasteiger partial charge on any atom is 0.349 e. The molecule has 1 aliphatic rings. The first-order valence-corrected chi connectivity index (χ1v) is 11.7. The van der Waals surface area contributed by atoms with E-state index in [4.69, 9.17) is 9.47 Å². The molecule has 0 atom stereocenters. The normalized spacial score (nSPS) is 12.8. The molecule has 164 valence electrons. The van der Waals surface area contributed by atoms with Gasteiger partial charge in [-0.15, -0.1) is 22.7 Å². The number of hydrogen-bond acceptors (Lipinski definition) is 8.